The summed E-state index contributed by atoms with van der Waals surface area (Å²) in [6.45, 7) is 3.49. The molecule has 0 aliphatic heterocycles. The second-order valence-electron chi connectivity index (χ2n) is 5.41. The Morgan fingerprint density at radius 3 is 2.72 bits per heavy atom. The van der Waals surface area contributed by atoms with Crippen LogP contribution in [0, 0.1) is 11.8 Å². The second kappa shape index (κ2) is 10.7. The molecule has 0 atom stereocenters. The van der Waals surface area contributed by atoms with Gasteiger partial charge in [0.2, 0.25) is 0 Å². The summed E-state index contributed by atoms with van der Waals surface area (Å²) in [5.41, 5.74) is 0.316. The minimum atomic E-state index is -0.212. The first kappa shape index (κ1) is 19.3. The molecule has 0 amide bonds. The molecule has 0 unspecified atom stereocenters. The molecule has 2 heterocycles. The van der Waals surface area contributed by atoms with E-state index in [0.29, 0.717) is 18.1 Å². The third-order valence-corrected chi connectivity index (χ3v) is 3.80. The number of ether oxygens (including phenoxy) is 1. The van der Waals surface area contributed by atoms with Crippen molar-refractivity contribution < 1.29 is 4.74 Å². The van der Waals surface area contributed by atoms with Crippen molar-refractivity contribution in [1.82, 2.24) is 19.7 Å². The number of aromatic nitrogens is 4. The summed E-state index contributed by atoms with van der Waals surface area (Å²) in [4.78, 5) is 20.2. The Balaban J connectivity index is 1.88. The van der Waals surface area contributed by atoms with Crippen molar-refractivity contribution in [2.75, 3.05) is 13.2 Å². The van der Waals surface area contributed by atoms with E-state index in [-0.39, 0.29) is 12.1 Å². The first-order valence-corrected chi connectivity index (χ1v) is 9.09. The maximum absolute atomic E-state index is 11.9. The summed E-state index contributed by atoms with van der Waals surface area (Å²) < 4.78 is 7.53. The molecule has 0 saturated heterocycles. The number of rotatable bonds is 8. The smallest absolute Gasteiger partial charge is 0.267 e. The molecule has 0 fully saturated rings. The van der Waals surface area contributed by atoms with E-state index in [1.54, 1.807) is 18.5 Å². The van der Waals surface area contributed by atoms with Crippen molar-refractivity contribution in [3.8, 4) is 23.4 Å². The number of nitrogens with zero attached hydrogens (tertiary/aromatic N) is 4. The Bertz CT molecular complexity index is 778. The Hall–Kier alpha value is -2.04. The van der Waals surface area contributed by atoms with E-state index < -0.39 is 0 Å². The largest absolute Gasteiger partial charge is 0.369 e. The van der Waals surface area contributed by atoms with E-state index in [2.05, 4.69) is 49.8 Å². The summed E-state index contributed by atoms with van der Waals surface area (Å²) in [5, 5.41) is 4.26. The van der Waals surface area contributed by atoms with Gasteiger partial charge >= 0.3 is 0 Å². The zero-order chi connectivity index (χ0) is 17.9. The quantitative estimate of drug-likeness (QED) is 0.499. The third-order valence-electron chi connectivity index (χ3n) is 3.39. The predicted octanol–water partition coefficient (Wildman–Crippen LogP) is 3.06. The fourth-order valence-electron chi connectivity index (χ4n) is 2.06. The molecule has 0 aliphatic rings. The normalized spacial score (nSPS) is 10.3. The van der Waals surface area contributed by atoms with Crippen LogP contribution in [-0.2, 0) is 11.3 Å². The Morgan fingerprint density at radius 2 is 1.96 bits per heavy atom. The van der Waals surface area contributed by atoms with Crippen molar-refractivity contribution in [2.45, 2.75) is 39.2 Å². The summed E-state index contributed by atoms with van der Waals surface area (Å²) in [5.74, 6) is 6.28. The van der Waals surface area contributed by atoms with E-state index in [4.69, 9.17) is 4.74 Å². The van der Waals surface area contributed by atoms with Crippen molar-refractivity contribution in [1.29, 1.82) is 0 Å². The van der Waals surface area contributed by atoms with Crippen molar-refractivity contribution >= 4 is 15.9 Å². The van der Waals surface area contributed by atoms with Gasteiger partial charge in [-0.15, -0.1) is 0 Å². The van der Waals surface area contributed by atoms with Gasteiger partial charge in [0, 0.05) is 25.1 Å². The van der Waals surface area contributed by atoms with Crippen LogP contribution < -0.4 is 5.56 Å². The fourth-order valence-corrected chi connectivity index (χ4v) is 2.27. The van der Waals surface area contributed by atoms with Crippen molar-refractivity contribution in [3.63, 3.8) is 0 Å². The molecule has 2 aromatic heterocycles. The third kappa shape index (κ3) is 6.77. The highest BCUT2D eigenvalue weighted by Gasteiger charge is 2.05. The number of hydrogen-bond acceptors (Lipinski definition) is 5. The maximum Gasteiger partial charge on any atom is 0.267 e. The minimum Gasteiger partial charge on any atom is -0.369 e. The van der Waals surface area contributed by atoms with Crippen LogP contribution in [0.2, 0.25) is 0 Å². The van der Waals surface area contributed by atoms with Gasteiger partial charge in [-0.1, -0.05) is 38.0 Å². The molecular formula is C18H21BrN4O2. The standard InChI is InChI=1S/C18H21BrN4O2/c1-2-3-4-6-11-25-12-7-5-10-23-17(24)9-8-16(22-23)18-20-13-15(19)14-21-18/h8-9,13-14H,2-4,6,10-12H2,1H3. The van der Waals surface area contributed by atoms with Crippen LogP contribution in [0.5, 0.6) is 0 Å². The molecule has 0 bridgehead atoms. The molecule has 7 heteroatoms. The first-order chi connectivity index (χ1) is 12.2. The van der Waals surface area contributed by atoms with Crippen LogP contribution in [0.4, 0.5) is 0 Å². The molecule has 2 aromatic rings. The second-order valence-corrected chi connectivity index (χ2v) is 6.32. The molecule has 25 heavy (non-hydrogen) atoms. The minimum absolute atomic E-state index is 0.211. The molecule has 0 spiro atoms. The number of halogens is 1. The first-order valence-electron chi connectivity index (χ1n) is 8.30. The molecule has 0 N–H and O–H groups in total. The van der Waals surface area contributed by atoms with Crippen LogP contribution in [0.25, 0.3) is 11.5 Å². The highest BCUT2D eigenvalue weighted by Crippen LogP contribution is 2.11. The molecule has 2 rings (SSSR count). The average molecular weight is 405 g/mol. The lowest BCUT2D eigenvalue weighted by Gasteiger charge is -2.03. The lowest BCUT2D eigenvalue weighted by atomic mass is 10.2. The van der Waals surface area contributed by atoms with Gasteiger partial charge < -0.3 is 4.74 Å². The lowest BCUT2D eigenvalue weighted by molar-refractivity contribution is 0.162. The number of hydrogen-bond donors (Lipinski definition) is 0. The average Bonchev–Trinajstić information content (AvgIpc) is 2.62. The highest BCUT2D eigenvalue weighted by atomic mass is 79.9. The van der Waals surface area contributed by atoms with Gasteiger partial charge in [-0.2, -0.15) is 5.10 Å². The van der Waals surface area contributed by atoms with Crippen LogP contribution in [0.15, 0.2) is 33.8 Å². The highest BCUT2D eigenvalue weighted by molar-refractivity contribution is 9.10. The van der Waals surface area contributed by atoms with E-state index in [9.17, 15) is 4.79 Å². The van der Waals surface area contributed by atoms with E-state index in [1.807, 2.05) is 0 Å². The van der Waals surface area contributed by atoms with Gasteiger partial charge in [-0.3, -0.25) is 4.79 Å². The van der Waals surface area contributed by atoms with Crippen LogP contribution >= 0.6 is 15.9 Å². The van der Waals surface area contributed by atoms with Gasteiger partial charge in [0.25, 0.3) is 5.56 Å². The topological polar surface area (TPSA) is 69.9 Å². The monoisotopic (exact) mass is 404 g/mol. The Kier molecular flexibility index (Phi) is 8.29. The van der Waals surface area contributed by atoms with E-state index in [0.717, 1.165) is 17.5 Å². The van der Waals surface area contributed by atoms with Crippen LogP contribution in [0.1, 0.15) is 32.6 Å². The molecule has 0 aliphatic carbocycles. The van der Waals surface area contributed by atoms with E-state index in [1.165, 1.54) is 30.0 Å². The molecule has 6 nitrogen and oxygen atoms in total. The van der Waals surface area contributed by atoms with Crippen molar-refractivity contribution in [2.24, 2.45) is 0 Å². The summed E-state index contributed by atoms with van der Waals surface area (Å²) in [7, 11) is 0. The zero-order valence-electron chi connectivity index (χ0n) is 14.2. The molecule has 0 aromatic carbocycles. The zero-order valence-corrected chi connectivity index (χ0v) is 15.8. The molecule has 0 radical (unpaired) electrons. The molecule has 0 saturated carbocycles. The van der Waals surface area contributed by atoms with Gasteiger partial charge in [0.1, 0.15) is 18.8 Å². The van der Waals surface area contributed by atoms with E-state index >= 15 is 0 Å². The summed E-state index contributed by atoms with van der Waals surface area (Å²) >= 11 is 3.29. The summed E-state index contributed by atoms with van der Waals surface area (Å²) in [6.07, 6.45) is 7.97. The Morgan fingerprint density at radius 1 is 1.16 bits per heavy atom. The summed E-state index contributed by atoms with van der Waals surface area (Å²) in [6, 6.07) is 3.05. The Labute approximate surface area is 155 Å². The molecular weight excluding hydrogens is 384 g/mol. The number of unbranched alkanes of at least 4 members (excludes halogenated alkanes) is 3. The van der Waals surface area contributed by atoms with Crippen molar-refractivity contribution in [3.05, 3.63) is 39.4 Å². The van der Waals surface area contributed by atoms with Crippen LogP contribution in [-0.4, -0.2) is 33.0 Å². The van der Waals surface area contributed by atoms with Gasteiger partial charge in [0.15, 0.2) is 5.82 Å². The van der Waals surface area contributed by atoms with Crippen LogP contribution in [0.3, 0.4) is 0 Å². The lowest BCUT2D eigenvalue weighted by Crippen LogP contribution is -2.22. The fraction of sp³-hybridized carbons (Fsp3) is 0.444. The maximum atomic E-state index is 11.9. The van der Waals surface area contributed by atoms with Gasteiger partial charge in [-0.05, 0) is 28.4 Å². The van der Waals surface area contributed by atoms with Gasteiger partial charge in [0.05, 0.1) is 4.47 Å². The molecule has 132 valence electrons. The SMILES string of the molecule is CCCCCCOCC#CCn1nc(-c2ncc(Br)cn2)ccc1=O. The predicted molar refractivity (Wildman–Crippen MR) is 100.0 cm³/mol. The van der Waals surface area contributed by atoms with Gasteiger partial charge in [-0.25, -0.2) is 14.6 Å².